The van der Waals surface area contributed by atoms with E-state index < -0.39 is 5.97 Å². The summed E-state index contributed by atoms with van der Waals surface area (Å²) in [4.78, 5) is 20.8. The molecule has 0 unspecified atom stereocenters. The van der Waals surface area contributed by atoms with E-state index in [0.717, 1.165) is 36.5 Å². The molecule has 0 aliphatic heterocycles. The van der Waals surface area contributed by atoms with Gasteiger partial charge in [-0.05, 0) is 24.1 Å². The van der Waals surface area contributed by atoms with Gasteiger partial charge in [-0.3, -0.25) is 4.98 Å². The van der Waals surface area contributed by atoms with Gasteiger partial charge in [-0.25, -0.2) is 14.5 Å². The fraction of sp³-hybridized carbons (Fsp3) is 0.391. The molecule has 152 valence electrons. The van der Waals surface area contributed by atoms with Gasteiger partial charge in [-0.1, -0.05) is 58.4 Å². The molecule has 0 atom stereocenters. The number of carboxylic acid groups (broad SMARTS) is 1. The number of aromatic nitrogens is 4. The topological polar surface area (TPSA) is 80.9 Å². The Morgan fingerprint density at radius 1 is 1.14 bits per heavy atom. The van der Waals surface area contributed by atoms with E-state index in [1.165, 1.54) is 0 Å². The number of pyridine rings is 1. The first kappa shape index (κ1) is 20.7. The summed E-state index contributed by atoms with van der Waals surface area (Å²) in [6.07, 6.45) is 4.87. The summed E-state index contributed by atoms with van der Waals surface area (Å²) in [6.45, 7) is 9.12. The Kier molecular flexibility index (Phi) is 6.11. The van der Waals surface area contributed by atoms with Crippen LogP contribution in [0.2, 0.25) is 0 Å². The fourth-order valence-corrected chi connectivity index (χ4v) is 3.08. The molecule has 0 radical (unpaired) electrons. The number of carboxylic acids is 1. The van der Waals surface area contributed by atoms with Crippen molar-refractivity contribution in [2.45, 2.75) is 58.9 Å². The minimum atomic E-state index is -0.954. The van der Waals surface area contributed by atoms with Crippen LogP contribution in [0.1, 0.15) is 68.1 Å². The van der Waals surface area contributed by atoms with Crippen molar-refractivity contribution >= 4 is 5.97 Å². The van der Waals surface area contributed by atoms with Crippen molar-refractivity contribution in [3.63, 3.8) is 0 Å². The highest BCUT2D eigenvalue weighted by atomic mass is 16.4. The highest BCUT2D eigenvalue weighted by Crippen LogP contribution is 2.23. The molecule has 6 heteroatoms. The maximum atomic E-state index is 11.5. The maximum absolute atomic E-state index is 11.5. The first-order valence-corrected chi connectivity index (χ1v) is 10.0. The molecule has 2 heterocycles. The molecule has 2 aromatic heterocycles. The number of rotatable bonds is 7. The second kappa shape index (κ2) is 8.55. The lowest BCUT2D eigenvalue weighted by Crippen LogP contribution is -2.14. The Morgan fingerprint density at radius 3 is 2.52 bits per heavy atom. The number of hydrogen-bond acceptors (Lipinski definition) is 4. The van der Waals surface area contributed by atoms with Crippen LogP contribution < -0.4 is 0 Å². The third-order valence-corrected chi connectivity index (χ3v) is 4.76. The van der Waals surface area contributed by atoms with Crippen molar-refractivity contribution in [2.24, 2.45) is 0 Å². The van der Waals surface area contributed by atoms with Gasteiger partial charge in [0.1, 0.15) is 5.82 Å². The smallest absolute Gasteiger partial charge is 0.336 e. The second-order valence-electron chi connectivity index (χ2n) is 8.27. The van der Waals surface area contributed by atoms with Gasteiger partial charge in [0.15, 0.2) is 5.82 Å². The second-order valence-corrected chi connectivity index (χ2v) is 8.27. The van der Waals surface area contributed by atoms with E-state index in [-0.39, 0.29) is 11.0 Å². The van der Waals surface area contributed by atoms with E-state index in [4.69, 9.17) is 10.1 Å². The Hall–Kier alpha value is -3.02. The number of benzene rings is 1. The van der Waals surface area contributed by atoms with Gasteiger partial charge >= 0.3 is 5.97 Å². The van der Waals surface area contributed by atoms with E-state index in [2.05, 4.69) is 32.7 Å². The Bertz CT molecular complexity index is 985. The summed E-state index contributed by atoms with van der Waals surface area (Å²) in [5.41, 5.74) is 2.41. The minimum Gasteiger partial charge on any atom is -0.478 e. The number of carbonyl (C=O) groups is 1. The van der Waals surface area contributed by atoms with Crippen LogP contribution in [0.25, 0.3) is 11.3 Å². The monoisotopic (exact) mass is 392 g/mol. The molecule has 0 amide bonds. The van der Waals surface area contributed by atoms with Crippen LogP contribution in [-0.4, -0.2) is 30.8 Å². The molecule has 6 nitrogen and oxygen atoms in total. The van der Waals surface area contributed by atoms with Crippen LogP contribution in [0.3, 0.4) is 0 Å². The van der Waals surface area contributed by atoms with Crippen LogP contribution in [0.15, 0.2) is 42.6 Å². The zero-order valence-corrected chi connectivity index (χ0v) is 17.5. The summed E-state index contributed by atoms with van der Waals surface area (Å²) in [5, 5.41) is 14.1. The van der Waals surface area contributed by atoms with Gasteiger partial charge in [-0.2, -0.15) is 5.10 Å². The number of hydrogen-bond donors (Lipinski definition) is 1. The predicted octanol–water partition coefficient (Wildman–Crippen LogP) is 4.73. The van der Waals surface area contributed by atoms with Crippen LogP contribution in [0, 0.1) is 0 Å². The first-order valence-electron chi connectivity index (χ1n) is 10.0. The molecule has 1 N–H and O–H groups in total. The van der Waals surface area contributed by atoms with Gasteiger partial charge in [0.25, 0.3) is 0 Å². The summed E-state index contributed by atoms with van der Waals surface area (Å²) in [6, 6.07) is 10.8. The molecule has 0 bridgehead atoms. The molecule has 0 aliphatic carbocycles. The zero-order valence-electron chi connectivity index (χ0n) is 17.5. The first-order chi connectivity index (χ1) is 13.8. The SMILES string of the molecule is CCCCc1nc(C(C)(C)C)nn1Cc1ccc(-c2ccccc2C(=O)O)nc1. The molecule has 3 rings (SSSR count). The average molecular weight is 393 g/mol. The fourth-order valence-electron chi connectivity index (χ4n) is 3.08. The lowest BCUT2D eigenvalue weighted by molar-refractivity contribution is 0.0697. The molecule has 0 saturated carbocycles. The largest absolute Gasteiger partial charge is 0.478 e. The average Bonchev–Trinajstić information content (AvgIpc) is 3.10. The van der Waals surface area contributed by atoms with Gasteiger partial charge in [-0.15, -0.1) is 0 Å². The summed E-state index contributed by atoms with van der Waals surface area (Å²) in [5.74, 6) is 0.894. The van der Waals surface area contributed by atoms with Gasteiger partial charge in [0.05, 0.1) is 17.8 Å². The number of nitrogens with zero attached hydrogens (tertiary/aromatic N) is 4. The van der Waals surface area contributed by atoms with Crippen LogP contribution in [-0.2, 0) is 18.4 Å². The minimum absolute atomic E-state index is 0.102. The van der Waals surface area contributed by atoms with E-state index >= 15 is 0 Å². The van der Waals surface area contributed by atoms with Crippen molar-refractivity contribution in [3.05, 3.63) is 65.4 Å². The molecule has 29 heavy (non-hydrogen) atoms. The van der Waals surface area contributed by atoms with Crippen molar-refractivity contribution in [2.75, 3.05) is 0 Å². The van der Waals surface area contributed by atoms with Crippen LogP contribution >= 0.6 is 0 Å². The lowest BCUT2D eigenvalue weighted by Gasteiger charge is -2.12. The lowest BCUT2D eigenvalue weighted by atomic mass is 9.96. The molecule has 0 aliphatic rings. The number of aryl methyl sites for hydroxylation is 1. The van der Waals surface area contributed by atoms with Crippen molar-refractivity contribution in [1.82, 2.24) is 19.7 Å². The Labute approximate surface area is 171 Å². The van der Waals surface area contributed by atoms with E-state index in [9.17, 15) is 9.90 Å². The normalized spacial score (nSPS) is 11.6. The Morgan fingerprint density at radius 2 is 1.90 bits per heavy atom. The van der Waals surface area contributed by atoms with Gasteiger partial charge < -0.3 is 5.11 Å². The molecular formula is C23H28N4O2. The maximum Gasteiger partial charge on any atom is 0.336 e. The van der Waals surface area contributed by atoms with E-state index in [1.54, 1.807) is 24.4 Å². The Balaban J connectivity index is 1.87. The summed E-state index contributed by atoms with van der Waals surface area (Å²) < 4.78 is 1.97. The standard InChI is InChI=1S/C23H28N4O2/c1-5-6-11-20-25-22(23(2,3)4)26-27(20)15-16-12-13-19(24-14-16)17-9-7-8-10-18(17)21(28)29/h7-10,12-14H,5-6,11,15H2,1-4H3,(H,28,29). The predicted molar refractivity (Wildman–Crippen MR) is 113 cm³/mol. The third kappa shape index (κ3) is 4.88. The number of unbranched alkanes of at least 4 members (excludes halogenated alkanes) is 1. The summed E-state index contributed by atoms with van der Waals surface area (Å²) >= 11 is 0. The van der Waals surface area contributed by atoms with Crippen molar-refractivity contribution in [1.29, 1.82) is 0 Å². The van der Waals surface area contributed by atoms with Gasteiger partial charge in [0, 0.05) is 23.6 Å². The van der Waals surface area contributed by atoms with Crippen molar-refractivity contribution < 1.29 is 9.90 Å². The highest BCUT2D eigenvalue weighted by molar-refractivity contribution is 5.95. The summed E-state index contributed by atoms with van der Waals surface area (Å²) in [7, 11) is 0. The molecule has 0 spiro atoms. The van der Waals surface area contributed by atoms with Crippen molar-refractivity contribution in [3.8, 4) is 11.3 Å². The molecular weight excluding hydrogens is 364 g/mol. The van der Waals surface area contributed by atoms with Gasteiger partial charge in [0.2, 0.25) is 0 Å². The zero-order chi connectivity index (χ0) is 21.0. The molecule has 1 aromatic carbocycles. The van der Waals surface area contributed by atoms with Crippen LogP contribution in [0.4, 0.5) is 0 Å². The molecule has 0 fully saturated rings. The van der Waals surface area contributed by atoms with E-state index in [0.29, 0.717) is 17.8 Å². The third-order valence-electron chi connectivity index (χ3n) is 4.76. The number of aromatic carboxylic acids is 1. The molecule has 3 aromatic rings. The van der Waals surface area contributed by atoms with Crippen LogP contribution in [0.5, 0.6) is 0 Å². The van der Waals surface area contributed by atoms with E-state index in [1.807, 2.05) is 22.9 Å². The molecule has 0 saturated heterocycles. The highest BCUT2D eigenvalue weighted by Gasteiger charge is 2.22. The quantitative estimate of drug-likeness (QED) is 0.629.